The number of nitrogens with zero attached hydrogens (tertiary/aromatic N) is 1. The minimum atomic E-state index is 0. The zero-order valence-electron chi connectivity index (χ0n) is 11.5. The molecule has 1 aromatic carbocycles. The van der Waals surface area contributed by atoms with Crippen LogP contribution in [0.4, 0.5) is 0 Å². The Bertz CT molecular complexity index is 439. The normalized spacial score (nSPS) is 18.2. The Balaban J connectivity index is 0.00000200. The molecule has 0 spiro atoms. The number of amides is 1. The molecule has 1 aliphatic rings. The molecule has 1 N–H and O–H groups in total. The molecule has 0 aliphatic carbocycles. The van der Waals surface area contributed by atoms with Crippen molar-refractivity contribution in [3.63, 3.8) is 0 Å². The number of carbonyl (C=O) groups is 1. The number of hydrogen-bond donors (Lipinski definition) is 1. The van der Waals surface area contributed by atoms with Crippen molar-refractivity contribution < 1.29 is 4.79 Å². The summed E-state index contributed by atoms with van der Waals surface area (Å²) >= 11 is 8.02. The smallest absolute Gasteiger partial charge is 0.224 e. The van der Waals surface area contributed by atoms with Gasteiger partial charge in [-0.05, 0) is 11.6 Å². The van der Waals surface area contributed by atoms with E-state index in [-0.39, 0.29) is 18.3 Å². The summed E-state index contributed by atoms with van der Waals surface area (Å²) in [6.45, 7) is 1.56. The molecule has 2 rings (SSSR count). The topological polar surface area (TPSA) is 32.3 Å². The van der Waals surface area contributed by atoms with Gasteiger partial charge >= 0.3 is 0 Å². The first-order valence-corrected chi connectivity index (χ1v) is 7.98. The van der Waals surface area contributed by atoms with Crippen LogP contribution in [0.25, 0.3) is 0 Å². The van der Waals surface area contributed by atoms with E-state index in [9.17, 15) is 4.79 Å². The minimum Gasteiger partial charge on any atom is -0.341 e. The molecule has 0 aromatic heterocycles. The maximum Gasteiger partial charge on any atom is 0.224 e. The van der Waals surface area contributed by atoms with E-state index in [1.165, 1.54) is 0 Å². The molecule has 0 saturated carbocycles. The number of benzene rings is 1. The Morgan fingerprint density at radius 3 is 2.90 bits per heavy atom. The summed E-state index contributed by atoms with van der Waals surface area (Å²) in [5.74, 6) is 2.33. The van der Waals surface area contributed by atoms with Gasteiger partial charge in [-0.1, -0.05) is 29.8 Å². The average Bonchev–Trinajstić information content (AvgIpc) is 2.42. The quantitative estimate of drug-likeness (QED) is 0.918. The second-order valence-electron chi connectivity index (χ2n) is 4.77. The lowest BCUT2D eigenvalue weighted by Crippen LogP contribution is -2.41. The molecule has 6 heteroatoms. The summed E-state index contributed by atoms with van der Waals surface area (Å²) in [6.07, 6.45) is 0.563. The largest absolute Gasteiger partial charge is 0.341 e. The molecule has 1 atom stereocenters. The van der Waals surface area contributed by atoms with Crippen LogP contribution in [0.15, 0.2) is 24.3 Å². The van der Waals surface area contributed by atoms with Crippen molar-refractivity contribution in [1.29, 1.82) is 0 Å². The number of rotatable bonds is 4. The Morgan fingerprint density at radius 1 is 1.50 bits per heavy atom. The molecule has 1 aromatic rings. The van der Waals surface area contributed by atoms with Gasteiger partial charge in [0.05, 0.1) is 0 Å². The summed E-state index contributed by atoms with van der Waals surface area (Å²) < 4.78 is 0. The van der Waals surface area contributed by atoms with Crippen LogP contribution in [0.3, 0.4) is 0 Å². The number of carbonyl (C=O) groups excluding carboxylic acids is 1. The summed E-state index contributed by atoms with van der Waals surface area (Å²) in [7, 11) is 1.83. The highest BCUT2D eigenvalue weighted by Gasteiger charge is 2.19. The van der Waals surface area contributed by atoms with Gasteiger partial charge in [0.25, 0.3) is 0 Å². The average molecular weight is 335 g/mol. The molecule has 1 heterocycles. The molecule has 112 valence electrons. The second kappa shape index (κ2) is 8.78. The van der Waals surface area contributed by atoms with Crippen LogP contribution < -0.4 is 5.32 Å². The number of hydrogen-bond acceptors (Lipinski definition) is 3. The lowest BCUT2D eigenvalue weighted by atomic mass is 10.2. The summed E-state index contributed by atoms with van der Waals surface area (Å²) in [5.41, 5.74) is 0.992. The predicted octanol–water partition coefficient (Wildman–Crippen LogP) is 2.82. The Labute approximate surface area is 135 Å². The summed E-state index contributed by atoms with van der Waals surface area (Å²) in [4.78, 5) is 13.9. The molecule has 1 amide bonds. The van der Waals surface area contributed by atoms with Crippen LogP contribution in [0.5, 0.6) is 0 Å². The van der Waals surface area contributed by atoms with Crippen molar-refractivity contribution in [3.8, 4) is 0 Å². The monoisotopic (exact) mass is 334 g/mol. The van der Waals surface area contributed by atoms with Crippen LogP contribution in [-0.2, 0) is 11.3 Å². The lowest BCUT2D eigenvalue weighted by molar-refractivity contribution is -0.130. The van der Waals surface area contributed by atoms with Crippen LogP contribution in [0.2, 0.25) is 5.02 Å². The molecule has 1 saturated heterocycles. The van der Waals surface area contributed by atoms with Gasteiger partial charge in [0.15, 0.2) is 0 Å². The number of halogens is 2. The molecule has 20 heavy (non-hydrogen) atoms. The molecule has 1 aliphatic heterocycles. The van der Waals surface area contributed by atoms with Gasteiger partial charge in [-0.15, -0.1) is 12.4 Å². The van der Waals surface area contributed by atoms with E-state index in [4.69, 9.17) is 11.6 Å². The molecule has 1 unspecified atom stereocenters. The third kappa shape index (κ3) is 5.17. The SMILES string of the molecule is CN(Cc1ccccc1Cl)C(=O)CC1CSCCN1.Cl. The maximum atomic E-state index is 12.2. The highest BCUT2D eigenvalue weighted by Crippen LogP contribution is 2.17. The van der Waals surface area contributed by atoms with Crippen LogP contribution in [0, 0.1) is 0 Å². The van der Waals surface area contributed by atoms with Crippen molar-refractivity contribution in [2.24, 2.45) is 0 Å². The minimum absolute atomic E-state index is 0. The van der Waals surface area contributed by atoms with Gasteiger partial charge in [-0.25, -0.2) is 0 Å². The van der Waals surface area contributed by atoms with E-state index in [1.807, 2.05) is 43.1 Å². The fraction of sp³-hybridized carbons (Fsp3) is 0.500. The Morgan fingerprint density at radius 2 is 2.25 bits per heavy atom. The van der Waals surface area contributed by atoms with E-state index < -0.39 is 0 Å². The molecule has 1 fully saturated rings. The fourth-order valence-electron chi connectivity index (χ4n) is 2.09. The summed E-state index contributed by atoms with van der Waals surface area (Å²) in [5, 5.41) is 4.10. The lowest BCUT2D eigenvalue weighted by Gasteiger charge is -2.25. The number of nitrogens with one attached hydrogen (secondary N) is 1. The second-order valence-corrected chi connectivity index (χ2v) is 6.33. The third-order valence-electron chi connectivity index (χ3n) is 3.21. The van der Waals surface area contributed by atoms with Crippen LogP contribution in [-0.4, -0.2) is 41.9 Å². The van der Waals surface area contributed by atoms with Crippen molar-refractivity contribution in [2.75, 3.05) is 25.1 Å². The van der Waals surface area contributed by atoms with E-state index in [1.54, 1.807) is 4.90 Å². The first-order valence-electron chi connectivity index (χ1n) is 6.45. The fourth-order valence-corrected chi connectivity index (χ4v) is 3.23. The zero-order chi connectivity index (χ0) is 13.7. The van der Waals surface area contributed by atoms with E-state index in [0.717, 1.165) is 23.6 Å². The third-order valence-corrected chi connectivity index (χ3v) is 4.71. The van der Waals surface area contributed by atoms with Crippen molar-refractivity contribution in [3.05, 3.63) is 34.9 Å². The van der Waals surface area contributed by atoms with E-state index in [2.05, 4.69) is 5.32 Å². The highest BCUT2D eigenvalue weighted by molar-refractivity contribution is 7.99. The first kappa shape index (κ1) is 17.6. The van der Waals surface area contributed by atoms with Gasteiger partial charge < -0.3 is 10.2 Å². The van der Waals surface area contributed by atoms with Gasteiger partial charge in [-0.2, -0.15) is 11.8 Å². The molecular weight excluding hydrogens is 315 g/mol. The van der Waals surface area contributed by atoms with Crippen molar-refractivity contribution in [1.82, 2.24) is 10.2 Å². The van der Waals surface area contributed by atoms with Crippen molar-refractivity contribution in [2.45, 2.75) is 19.0 Å². The summed E-state index contributed by atoms with van der Waals surface area (Å²) in [6, 6.07) is 7.96. The molecule has 0 bridgehead atoms. The van der Waals surface area contributed by atoms with Gasteiger partial charge in [0, 0.05) is 49.1 Å². The van der Waals surface area contributed by atoms with Crippen LogP contribution in [0.1, 0.15) is 12.0 Å². The van der Waals surface area contributed by atoms with Crippen LogP contribution >= 0.6 is 35.8 Å². The molecule has 3 nitrogen and oxygen atoms in total. The molecule has 0 radical (unpaired) electrons. The number of thioether (sulfide) groups is 1. The molecular formula is C14H20Cl2N2OS. The Hall–Kier alpha value is -0.420. The van der Waals surface area contributed by atoms with Crippen molar-refractivity contribution >= 4 is 41.7 Å². The standard InChI is InChI=1S/C14H19ClN2OS.ClH/c1-17(9-11-4-2-3-5-13(11)15)14(18)8-12-10-19-7-6-16-12;/h2-5,12,16H,6-10H2,1H3;1H. The van der Waals surface area contributed by atoms with E-state index in [0.29, 0.717) is 24.0 Å². The van der Waals surface area contributed by atoms with Gasteiger partial charge in [-0.3, -0.25) is 4.79 Å². The van der Waals surface area contributed by atoms with Gasteiger partial charge in [0.1, 0.15) is 0 Å². The van der Waals surface area contributed by atoms with E-state index >= 15 is 0 Å². The Kier molecular flexibility index (Phi) is 7.74. The first-order chi connectivity index (χ1) is 9.16. The highest BCUT2D eigenvalue weighted by atomic mass is 35.5. The predicted molar refractivity (Wildman–Crippen MR) is 88.9 cm³/mol. The maximum absolute atomic E-state index is 12.2. The van der Waals surface area contributed by atoms with Gasteiger partial charge in [0.2, 0.25) is 5.91 Å². The zero-order valence-corrected chi connectivity index (χ0v) is 13.9.